The molecule has 0 aliphatic carbocycles. The predicted octanol–water partition coefficient (Wildman–Crippen LogP) is 0.284. The van der Waals surface area contributed by atoms with E-state index >= 15 is 0 Å². The summed E-state index contributed by atoms with van der Waals surface area (Å²) in [5.41, 5.74) is 5.40. The number of rotatable bonds is 5. The topological polar surface area (TPSA) is 73.8 Å². The smallest absolute Gasteiger partial charge is 0.139 e. The number of aromatic nitrogens is 3. The molecule has 0 spiro atoms. The summed E-state index contributed by atoms with van der Waals surface area (Å²) in [6, 6.07) is 0. The normalized spacial score (nSPS) is 14.1. The third-order valence-corrected chi connectivity index (χ3v) is 3.46. The molecule has 0 saturated carbocycles. The van der Waals surface area contributed by atoms with Crippen LogP contribution >= 0.6 is 0 Å². The molecule has 86 valence electrons. The van der Waals surface area contributed by atoms with Gasteiger partial charge in [0, 0.05) is 28.6 Å². The molecule has 1 aromatic heterocycles. The van der Waals surface area contributed by atoms with Gasteiger partial charge in [-0.05, 0) is 20.8 Å². The zero-order valence-electron chi connectivity index (χ0n) is 9.43. The molecule has 2 N–H and O–H groups in total. The van der Waals surface area contributed by atoms with Crippen LogP contribution < -0.4 is 5.73 Å². The first kappa shape index (κ1) is 12.3. The maximum absolute atomic E-state index is 11.7. The molecule has 0 bridgehead atoms. The lowest BCUT2D eigenvalue weighted by Crippen LogP contribution is -2.38. The van der Waals surface area contributed by atoms with Gasteiger partial charge < -0.3 is 5.73 Å². The van der Waals surface area contributed by atoms with Gasteiger partial charge in [0.25, 0.3) is 0 Å². The number of nitrogens with two attached hydrogens (primary N) is 1. The first-order chi connectivity index (χ1) is 6.92. The standard InChI is InChI=1S/C9H18N4OS/c1-4-13-8(11-7-12-13)5-15(14)6-9(2,3)10/h7H,4-6,10H2,1-3H3. The number of nitrogens with zero attached hydrogens (tertiary/aromatic N) is 3. The van der Waals surface area contributed by atoms with E-state index in [0.29, 0.717) is 11.5 Å². The molecule has 0 aliphatic rings. The summed E-state index contributed by atoms with van der Waals surface area (Å²) in [6.07, 6.45) is 1.49. The van der Waals surface area contributed by atoms with Crippen LogP contribution in [0, 0.1) is 0 Å². The fraction of sp³-hybridized carbons (Fsp3) is 0.778. The van der Waals surface area contributed by atoms with E-state index in [-0.39, 0.29) is 0 Å². The number of hydrogen-bond donors (Lipinski definition) is 1. The Kier molecular flexibility index (Phi) is 3.98. The Bertz CT molecular complexity index is 342. The van der Waals surface area contributed by atoms with Gasteiger partial charge >= 0.3 is 0 Å². The van der Waals surface area contributed by atoms with Gasteiger partial charge in [0.15, 0.2) is 0 Å². The number of hydrogen-bond acceptors (Lipinski definition) is 4. The predicted molar refractivity (Wildman–Crippen MR) is 60.7 cm³/mol. The van der Waals surface area contributed by atoms with Crippen LogP contribution in [-0.2, 0) is 23.1 Å². The summed E-state index contributed by atoms with van der Waals surface area (Å²) in [5.74, 6) is 1.66. The van der Waals surface area contributed by atoms with Crippen LogP contribution in [0.2, 0.25) is 0 Å². The van der Waals surface area contributed by atoms with Crippen molar-refractivity contribution in [2.24, 2.45) is 5.73 Å². The molecule has 1 atom stereocenters. The van der Waals surface area contributed by atoms with Crippen molar-refractivity contribution in [2.45, 2.75) is 38.6 Å². The first-order valence-corrected chi connectivity index (χ1v) is 6.41. The molecule has 5 nitrogen and oxygen atoms in total. The van der Waals surface area contributed by atoms with Crippen molar-refractivity contribution in [2.75, 3.05) is 5.75 Å². The lowest BCUT2D eigenvalue weighted by Gasteiger charge is -2.17. The van der Waals surface area contributed by atoms with Crippen LogP contribution in [-0.4, -0.2) is 30.3 Å². The SMILES string of the molecule is CCn1ncnc1CS(=O)CC(C)(C)N. The van der Waals surface area contributed by atoms with E-state index in [1.165, 1.54) is 6.33 Å². The van der Waals surface area contributed by atoms with Gasteiger partial charge in [-0.25, -0.2) is 9.67 Å². The maximum atomic E-state index is 11.7. The van der Waals surface area contributed by atoms with Crippen LogP contribution in [0.4, 0.5) is 0 Å². The minimum absolute atomic E-state index is 0.401. The molecule has 0 aliphatic heterocycles. The van der Waals surface area contributed by atoms with Crippen molar-refractivity contribution < 1.29 is 4.21 Å². The number of aryl methyl sites for hydroxylation is 1. The molecule has 1 heterocycles. The van der Waals surface area contributed by atoms with Gasteiger partial charge in [-0.15, -0.1) is 0 Å². The molecule has 6 heteroatoms. The van der Waals surface area contributed by atoms with Crippen LogP contribution in [0.3, 0.4) is 0 Å². The van der Waals surface area contributed by atoms with Crippen LogP contribution in [0.5, 0.6) is 0 Å². The minimum atomic E-state index is -0.979. The first-order valence-electron chi connectivity index (χ1n) is 4.93. The largest absolute Gasteiger partial charge is 0.325 e. The zero-order valence-corrected chi connectivity index (χ0v) is 10.3. The monoisotopic (exact) mass is 230 g/mol. The highest BCUT2D eigenvalue weighted by molar-refractivity contribution is 7.84. The van der Waals surface area contributed by atoms with E-state index < -0.39 is 16.3 Å². The Balaban J connectivity index is 2.59. The lowest BCUT2D eigenvalue weighted by atomic mass is 10.1. The molecule has 0 radical (unpaired) electrons. The molecule has 15 heavy (non-hydrogen) atoms. The van der Waals surface area contributed by atoms with Crippen LogP contribution in [0.1, 0.15) is 26.6 Å². The second-order valence-corrected chi connectivity index (χ2v) is 5.67. The van der Waals surface area contributed by atoms with Crippen molar-refractivity contribution >= 4 is 10.8 Å². The summed E-state index contributed by atoms with van der Waals surface area (Å²) in [7, 11) is -0.979. The van der Waals surface area contributed by atoms with Gasteiger partial charge in [0.2, 0.25) is 0 Å². The Labute approximate surface area is 92.5 Å². The van der Waals surface area contributed by atoms with Crippen molar-refractivity contribution in [1.82, 2.24) is 14.8 Å². The maximum Gasteiger partial charge on any atom is 0.139 e. The zero-order chi connectivity index (χ0) is 11.5. The average molecular weight is 230 g/mol. The molecule has 1 aromatic rings. The highest BCUT2D eigenvalue weighted by Crippen LogP contribution is 2.05. The lowest BCUT2D eigenvalue weighted by molar-refractivity contribution is 0.575. The molecule has 0 saturated heterocycles. The van der Waals surface area contributed by atoms with Crippen molar-refractivity contribution in [3.63, 3.8) is 0 Å². The average Bonchev–Trinajstić information content (AvgIpc) is 2.48. The van der Waals surface area contributed by atoms with E-state index in [9.17, 15) is 4.21 Å². The summed E-state index contributed by atoms with van der Waals surface area (Å²) in [6.45, 7) is 6.47. The van der Waals surface area contributed by atoms with Crippen molar-refractivity contribution in [1.29, 1.82) is 0 Å². The second-order valence-electron chi connectivity index (χ2n) is 4.21. The van der Waals surface area contributed by atoms with Gasteiger partial charge in [0.1, 0.15) is 12.2 Å². The van der Waals surface area contributed by atoms with E-state index in [2.05, 4.69) is 10.1 Å². The summed E-state index contributed by atoms with van der Waals surface area (Å²) in [5, 5.41) is 4.02. The fourth-order valence-electron chi connectivity index (χ4n) is 1.27. The highest BCUT2D eigenvalue weighted by Gasteiger charge is 2.17. The van der Waals surface area contributed by atoms with Crippen molar-refractivity contribution in [3.05, 3.63) is 12.2 Å². The third-order valence-electron chi connectivity index (χ3n) is 1.82. The fourth-order valence-corrected chi connectivity index (χ4v) is 2.72. The molecule has 1 unspecified atom stereocenters. The van der Waals surface area contributed by atoms with Gasteiger partial charge in [-0.3, -0.25) is 4.21 Å². The molecule has 0 fully saturated rings. The molecular formula is C9H18N4OS. The summed E-state index contributed by atoms with van der Waals surface area (Å²) in [4.78, 5) is 4.07. The summed E-state index contributed by atoms with van der Waals surface area (Å²) < 4.78 is 13.5. The van der Waals surface area contributed by atoms with Crippen molar-refractivity contribution in [3.8, 4) is 0 Å². The molecule has 1 rings (SSSR count). The molecule has 0 amide bonds. The van der Waals surface area contributed by atoms with E-state index in [0.717, 1.165) is 12.4 Å². The van der Waals surface area contributed by atoms with Gasteiger partial charge in [-0.2, -0.15) is 5.10 Å². The van der Waals surface area contributed by atoms with E-state index in [1.807, 2.05) is 20.8 Å². The Morgan fingerprint density at radius 2 is 2.27 bits per heavy atom. The molecular weight excluding hydrogens is 212 g/mol. The Hall–Kier alpha value is -0.750. The Morgan fingerprint density at radius 3 is 2.80 bits per heavy atom. The van der Waals surface area contributed by atoms with E-state index in [1.54, 1.807) is 4.68 Å². The van der Waals surface area contributed by atoms with Gasteiger partial charge in [0.05, 0.1) is 5.75 Å². The molecule has 0 aromatic carbocycles. The highest BCUT2D eigenvalue weighted by atomic mass is 32.2. The minimum Gasteiger partial charge on any atom is -0.325 e. The second kappa shape index (κ2) is 4.85. The van der Waals surface area contributed by atoms with E-state index in [4.69, 9.17) is 5.73 Å². The Morgan fingerprint density at radius 1 is 1.60 bits per heavy atom. The van der Waals surface area contributed by atoms with Crippen LogP contribution in [0.25, 0.3) is 0 Å². The summed E-state index contributed by atoms with van der Waals surface area (Å²) >= 11 is 0. The quantitative estimate of drug-likeness (QED) is 0.788. The third kappa shape index (κ3) is 4.09. The van der Waals surface area contributed by atoms with Gasteiger partial charge in [-0.1, -0.05) is 0 Å². The van der Waals surface area contributed by atoms with Crippen LogP contribution in [0.15, 0.2) is 6.33 Å².